The van der Waals surface area contributed by atoms with E-state index in [1.54, 1.807) is 0 Å². The summed E-state index contributed by atoms with van der Waals surface area (Å²) in [6.45, 7) is 2.14. The van der Waals surface area contributed by atoms with Crippen LogP contribution in [0.15, 0.2) is 34.7 Å². The first-order valence-electron chi connectivity index (χ1n) is 5.50. The van der Waals surface area contributed by atoms with Crippen molar-refractivity contribution < 1.29 is 0 Å². The zero-order chi connectivity index (χ0) is 12.1. The predicted octanol–water partition coefficient (Wildman–Crippen LogP) is 2.02. The smallest absolute Gasteiger partial charge is 0.188 e. The molecule has 2 aromatic rings. The number of nitrogens with one attached hydrogen (secondary N) is 2. The van der Waals surface area contributed by atoms with Crippen LogP contribution < -0.4 is 5.32 Å². The van der Waals surface area contributed by atoms with Crippen molar-refractivity contribution in [2.75, 3.05) is 7.05 Å². The van der Waals surface area contributed by atoms with E-state index >= 15 is 0 Å². The van der Waals surface area contributed by atoms with E-state index in [1.165, 1.54) is 18.1 Å². The van der Waals surface area contributed by atoms with Gasteiger partial charge in [-0.2, -0.15) is 5.10 Å². The van der Waals surface area contributed by atoms with Crippen LogP contribution in [0.5, 0.6) is 0 Å². The van der Waals surface area contributed by atoms with Crippen molar-refractivity contribution in [2.24, 2.45) is 0 Å². The van der Waals surface area contributed by atoms with Crippen LogP contribution in [-0.4, -0.2) is 27.2 Å². The molecule has 0 bridgehead atoms. The molecule has 0 aromatic carbocycles. The molecule has 0 spiro atoms. The molecule has 1 unspecified atom stereocenters. The molecule has 2 N–H and O–H groups in total. The number of hydrogen-bond donors (Lipinski definition) is 2. The molecule has 0 aliphatic rings. The van der Waals surface area contributed by atoms with Crippen LogP contribution in [0.1, 0.15) is 25.1 Å². The van der Waals surface area contributed by atoms with Crippen molar-refractivity contribution in [1.29, 1.82) is 0 Å². The number of aromatic nitrogens is 4. The van der Waals surface area contributed by atoms with E-state index < -0.39 is 0 Å². The molecule has 6 heteroatoms. The van der Waals surface area contributed by atoms with Crippen LogP contribution in [0, 0.1) is 0 Å². The van der Waals surface area contributed by atoms with Gasteiger partial charge in [0.2, 0.25) is 0 Å². The Bertz CT molecular complexity index is 435. The first-order valence-corrected chi connectivity index (χ1v) is 6.31. The minimum Gasteiger partial charge on any atom is -0.312 e. The summed E-state index contributed by atoms with van der Waals surface area (Å²) < 4.78 is 0. The predicted molar refractivity (Wildman–Crippen MR) is 66.8 cm³/mol. The molecule has 1 atom stereocenters. The summed E-state index contributed by atoms with van der Waals surface area (Å²) in [4.78, 5) is 9.57. The van der Waals surface area contributed by atoms with Crippen LogP contribution >= 0.6 is 11.8 Å². The Balaban J connectivity index is 2.07. The van der Waals surface area contributed by atoms with Gasteiger partial charge in [0.1, 0.15) is 6.33 Å². The third-order valence-corrected chi connectivity index (χ3v) is 3.35. The topological polar surface area (TPSA) is 66.5 Å². The van der Waals surface area contributed by atoms with Gasteiger partial charge >= 0.3 is 0 Å². The fraction of sp³-hybridized carbons (Fsp3) is 0.364. The highest BCUT2D eigenvalue weighted by Gasteiger charge is 2.08. The molecule has 2 aromatic heterocycles. The standard InChI is InChI=1S/C11H15N5S/c1-3-9(12-2)10-5-4-8(6-13-10)17-11-14-7-15-16-11/h4-7,9,12H,3H2,1-2H3,(H,14,15,16). The van der Waals surface area contributed by atoms with Crippen molar-refractivity contribution in [3.63, 3.8) is 0 Å². The Kier molecular flexibility index (Phi) is 4.11. The van der Waals surface area contributed by atoms with Crippen molar-refractivity contribution >= 4 is 11.8 Å². The number of pyridine rings is 1. The summed E-state index contributed by atoms with van der Waals surface area (Å²) >= 11 is 1.52. The van der Waals surface area contributed by atoms with Crippen LogP contribution in [0.4, 0.5) is 0 Å². The normalized spacial score (nSPS) is 12.6. The molecule has 90 valence electrons. The molecule has 2 rings (SSSR count). The summed E-state index contributed by atoms with van der Waals surface area (Å²) in [5.41, 5.74) is 1.07. The molecule has 0 amide bonds. The van der Waals surface area contributed by atoms with E-state index in [9.17, 15) is 0 Å². The Labute approximate surface area is 104 Å². The van der Waals surface area contributed by atoms with Gasteiger partial charge in [-0.3, -0.25) is 10.1 Å². The average molecular weight is 249 g/mol. The molecule has 0 radical (unpaired) electrons. The lowest BCUT2D eigenvalue weighted by molar-refractivity contribution is 0.561. The second kappa shape index (κ2) is 5.79. The van der Waals surface area contributed by atoms with E-state index in [2.05, 4.69) is 38.5 Å². The highest BCUT2D eigenvalue weighted by molar-refractivity contribution is 7.99. The van der Waals surface area contributed by atoms with Gasteiger partial charge in [-0.1, -0.05) is 6.92 Å². The van der Waals surface area contributed by atoms with Gasteiger partial charge in [-0.05, 0) is 37.4 Å². The van der Waals surface area contributed by atoms with E-state index in [-0.39, 0.29) is 0 Å². The summed E-state index contributed by atoms with van der Waals surface area (Å²) in [5, 5.41) is 10.6. The number of rotatable bonds is 5. The molecule has 0 fully saturated rings. The largest absolute Gasteiger partial charge is 0.312 e. The van der Waals surface area contributed by atoms with Gasteiger partial charge in [0.25, 0.3) is 0 Å². The van der Waals surface area contributed by atoms with E-state index in [4.69, 9.17) is 0 Å². The molecule has 5 nitrogen and oxygen atoms in total. The Morgan fingerprint density at radius 2 is 2.29 bits per heavy atom. The Morgan fingerprint density at radius 1 is 1.41 bits per heavy atom. The quantitative estimate of drug-likeness (QED) is 0.848. The summed E-state index contributed by atoms with van der Waals surface area (Å²) in [6, 6.07) is 4.41. The molecular weight excluding hydrogens is 234 g/mol. The molecular formula is C11H15N5S. The lowest BCUT2D eigenvalue weighted by Crippen LogP contribution is -2.16. The zero-order valence-electron chi connectivity index (χ0n) is 9.84. The monoisotopic (exact) mass is 249 g/mol. The maximum absolute atomic E-state index is 4.46. The van der Waals surface area contributed by atoms with Gasteiger partial charge in [-0.15, -0.1) is 0 Å². The van der Waals surface area contributed by atoms with E-state index in [0.29, 0.717) is 6.04 Å². The van der Waals surface area contributed by atoms with Crippen LogP contribution in [0.2, 0.25) is 0 Å². The third-order valence-electron chi connectivity index (χ3n) is 2.48. The van der Waals surface area contributed by atoms with E-state index in [1.807, 2.05) is 19.3 Å². The van der Waals surface area contributed by atoms with Crippen LogP contribution in [0.25, 0.3) is 0 Å². The number of H-pyrrole nitrogens is 1. The molecule has 0 saturated carbocycles. The Morgan fingerprint density at radius 3 is 2.82 bits per heavy atom. The highest BCUT2D eigenvalue weighted by atomic mass is 32.2. The summed E-state index contributed by atoms with van der Waals surface area (Å²) in [5.74, 6) is 0. The number of nitrogens with zero attached hydrogens (tertiary/aromatic N) is 3. The molecule has 0 saturated heterocycles. The highest BCUT2D eigenvalue weighted by Crippen LogP contribution is 2.24. The second-order valence-corrected chi connectivity index (χ2v) is 4.62. The average Bonchev–Trinajstić information content (AvgIpc) is 2.86. The fourth-order valence-corrected chi connectivity index (χ4v) is 2.24. The summed E-state index contributed by atoms with van der Waals surface area (Å²) in [7, 11) is 1.95. The molecule has 17 heavy (non-hydrogen) atoms. The van der Waals surface area contributed by atoms with Crippen molar-refractivity contribution in [3.05, 3.63) is 30.4 Å². The second-order valence-electron chi connectivity index (χ2n) is 3.56. The van der Waals surface area contributed by atoms with Gasteiger partial charge in [-0.25, -0.2) is 4.98 Å². The van der Waals surface area contributed by atoms with Crippen molar-refractivity contribution in [1.82, 2.24) is 25.5 Å². The minimum absolute atomic E-state index is 0.319. The maximum Gasteiger partial charge on any atom is 0.188 e. The van der Waals surface area contributed by atoms with Crippen molar-refractivity contribution in [2.45, 2.75) is 29.4 Å². The Hall–Kier alpha value is -1.40. The van der Waals surface area contributed by atoms with E-state index in [0.717, 1.165) is 22.2 Å². The molecule has 0 aliphatic heterocycles. The SMILES string of the molecule is CCC(NC)c1ccc(Sc2ncn[nH]2)cn1. The van der Waals surface area contributed by atoms with Gasteiger partial charge in [0.05, 0.1) is 5.69 Å². The van der Waals surface area contributed by atoms with Crippen LogP contribution in [0.3, 0.4) is 0 Å². The molecule has 2 heterocycles. The number of hydrogen-bond acceptors (Lipinski definition) is 5. The third kappa shape index (κ3) is 3.04. The van der Waals surface area contributed by atoms with Gasteiger partial charge in [0, 0.05) is 17.1 Å². The lowest BCUT2D eigenvalue weighted by Gasteiger charge is -2.12. The minimum atomic E-state index is 0.319. The fourth-order valence-electron chi connectivity index (χ4n) is 1.57. The van der Waals surface area contributed by atoms with Gasteiger partial charge in [0.15, 0.2) is 5.16 Å². The lowest BCUT2D eigenvalue weighted by atomic mass is 10.1. The summed E-state index contributed by atoms with van der Waals surface area (Å²) in [6.07, 6.45) is 4.39. The van der Waals surface area contributed by atoms with Crippen LogP contribution in [-0.2, 0) is 0 Å². The first kappa shape index (κ1) is 12.1. The first-order chi connectivity index (χ1) is 8.33. The zero-order valence-corrected chi connectivity index (χ0v) is 10.7. The van der Waals surface area contributed by atoms with Gasteiger partial charge < -0.3 is 5.32 Å². The molecule has 0 aliphatic carbocycles. The number of aromatic amines is 1. The van der Waals surface area contributed by atoms with Crippen molar-refractivity contribution in [3.8, 4) is 0 Å². The maximum atomic E-state index is 4.46.